The SMILES string of the molecule is COc1ccc(-c2nnc(SCC(=O)Nc3ccc(N4CCCCC4)c4ccncc34)o2)cc1. The molecule has 0 saturated carbocycles. The van der Waals surface area contributed by atoms with Gasteiger partial charge in [0, 0.05) is 47.5 Å². The van der Waals surface area contributed by atoms with Gasteiger partial charge in [-0.15, -0.1) is 10.2 Å². The fourth-order valence-corrected chi connectivity index (χ4v) is 4.69. The van der Waals surface area contributed by atoms with Crippen molar-refractivity contribution in [2.24, 2.45) is 0 Å². The number of hydrogen-bond donors (Lipinski definition) is 1. The molecule has 1 aliphatic rings. The monoisotopic (exact) mass is 475 g/mol. The molecule has 1 aliphatic heterocycles. The lowest BCUT2D eigenvalue weighted by Gasteiger charge is -2.30. The number of carbonyl (C=O) groups excluding carboxylic acids is 1. The van der Waals surface area contributed by atoms with Crippen molar-refractivity contribution < 1.29 is 13.9 Å². The minimum absolute atomic E-state index is 0.148. The largest absolute Gasteiger partial charge is 0.497 e. The molecule has 2 aromatic carbocycles. The number of carbonyl (C=O) groups is 1. The van der Waals surface area contributed by atoms with Gasteiger partial charge in [-0.25, -0.2) is 0 Å². The molecule has 3 heterocycles. The molecule has 1 saturated heterocycles. The average Bonchev–Trinajstić information content (AvgIpc) is 3.37. The van der Waals surface area contributed by atoms with Gasteiger partial charge in [-0.05, 0) is 61.7 Å². The third-order valence-electron chi connectivity index (χ3n) is 5.84. The van der Waals surface area contributed by atoms with Crippen LogP contribution < -0.4 is 15.0 Å². The highest BCUT2D eigenvalue weighted by Gasteiger charge is 2.17. The summed E-state index contributed by atoms with van der Waals surface area (Å²) in [4.78, 5) is 19.4. The van der Waals surface area contributed by atoms with Crippen LogP contribution in [0.4, 0.5) is 11.4 Å². The molecule has 1 amide bonds. The van der Waals surface area contributed by atoms with Crippen molar-refractivity contribution in [3.05, 3.63) is 54.9 Å². The summed E-state index contributed by atoms with van der Waals surface area (Å²) in [5, 5.41) is 13.5. The smallest absolute Gasteiger partial charge is 0.277 e. The van der Waals surface area contributed by atoms with Crippen molar-refractivity contribution in [2.45, 2.75) is 24.5 Å². The molecule has 0 spiro atoms. The molecule has 9 heteroatoms. The van der Waals surface area contributed by atoms with E-state index in [2.05, 4.69) is 31.5 Å². The zero-order chi connectivity index (χ0) is 23.3. The number of nitrogens with one attached hydrogen (secondary N) is 1. The average molecular weight is 476 g/mol. The molecule has 4 aromatic rings. The molecular weight excluding hydrogens is 450 g/mol. The van der Waals surface area contributed by atoms with Gasteiger partial charge in [-0.3, -0.25) is 9.78 Å². The number of benzene rings is 2. The number of rotatable bonds is 7. The number of methoxy groups -OCH3 is 1. The van der Waals surface area contributed by atoms with Crippen molar-refractivity contribution in [1.29, 1.82) is 0 Å². The van der Waals surface area contributed by atoms with Crippen LogP contribution in [0.5, 0.6) is 5.75 Å². The molecule has 0 radical (unpaired) electrons. The Morgan fingerprint density at radius 1 is 1.06 bits per heavy atom. The number of anilines is 2. The lowest BCUT2D eigenvalue weighted by molar-refractivity contribution is -0.113. The maximum atomic E-state index is 12.7. The van der Waals surface area contributed by atoms with E-state index in [1.54, 1.807) is 13.3 Å². The van der Waals surface area contributed by atoms with Crippen molar-refractivity contribution in [2.75, 3.05) is 36.2 Å². The molecule has 2 aromatic heterocycles. The second-order valence-electron chi connectivity index (χ2n) is 8.04. The van der Waals surface area contributed by atoms with Gasteiger partial charge in [0.25, 0.3) is 5.22 Å². The number of fused-ring (bicyclic) bond motifs is 1. The van der Waals surface area contributed by atoms with Gasteiger partial charge < -0.3 is 19.4 Å². The van der Waals surface area contributed by atoms with Crippen LogP contribution in [0.3, 0.4) is 0 Å². The predicted octanol–water partition coefficient (Wildman–Crippen LogP) is 5.01. The number of pyridine rings is 1. The van der Waals surface area contributed by atoms with Gasteiger partial charge in [0.15, 0.2) is 0 Å². The van der Waals surface area contributed by atoms with E-state index in [0.29, 0.717) is 11.1 Å². The van der Waals surface area contributed by atoms with E-state index in [1.165, 1.54) is 36.7 Å². The highest BCUT2D eigenvalue weighted by atomic mass is 32.2. The number of hydrogen-bond acceptors (Lipinski definition) is 8. The predicted molar refractivity (Wildman–Crippen MR) is 133 cm³/mol. The quantitative estimate of drug-likeness (QED) is 0.373. The Labute approximate surface area is 201 Å². The highest BCUT2D eigenvalue weighted by Crippen LogP contribution is 2.33. The summed E-state index contributed by atoms with van der Waals surface area (Å²) >= 11 is 1.20. The molecule has 0 bridgehead atoms. The summed E-state index contributed by atoms with van der Waals surface area (Å²) in [6.45, 7) is 2.12. The maximum absolute atomic E-state index is 12.7. The number of nitrogens with zero attached hydrogens (tertiary/aromatic N) is 4. The number of thioether (sulfide) groups is 1. The van der Waals surface area contributed by atoms with Gasteiger partial charge in [-0.2, -0.15) is 0 Å². The van der Waals surface area contributed by atoms with Crippen LogP contribution in [0.1, 0.15) is 19.3 Å². The highest BCUT2D eigenvalue weighted by molar-refractivity contribution is 7.99. The second-order valence-corrected chi connectivity index (χ2v) is 8.97. The molecule has 0 atom stereocenters. The van der Waals surface area contributed by atoms with E-state index in [9.17, 15) is 4.79 Å². The Hall–Kier alpha value is -3.59. The zero-order valence-corrected chi connectivity index (χ0v) is 19.7. The Morgan fingerprint density at radius 3 is 2.68 bits per heavy atom. The molecule has 8 nitrogen and oxygen atoms in total. The van der Waals surface area contributed by atoms with Crippen LogP contribution in [-0.2, 0) is 4.79 Å². The van der Waals surface area contributed by atoms with Crippen molar-refractivity contribution in [3.63, 3.8) is 0 Å². The number of aromatic nitrogens is 3. The van der Waals surface area contributed by atoms with E-state index in [0.717, 1.165) is 40.9 Å². The zero-order valence-electron chi connectivity index (χ0n) is 18.9. The van der Waals surface area contributed by atoms with Crippen LogP contribution >= 0.6 is 11.8 Å². The Bertz CT molecular complexity index is 1290. The van der Waals surface area contributed by atoms with Gasteiger partial charge >= 0.3 is 0 Å². The van der Waals surface area contributed by atoms with Crippen LogP contribution in [0, 0.1) is 0 Å². The van der Waals surface area contributed by atoms with Crippen LogP contribution in [0.2, 0.25) is 0 Å². The Kier molecular flexibility index (Phi) is 6.62. The third-order valence-corrected chi connectivity index (χ3v) is 6.65. The van der Waals surface area contributed by atoms with Gasteiger partial charge in [0.1, 0.15) is 5.75 Å². The first kappa shape index (κ1) is 22.2. The number of amides is 1. The minimum Gasteiger partial charge on any atom is -0.497 e. The summed E-state index contributed by atoms with van der Waals surface area (Å²) in [6.07, 6.45) is 7.30. The van der Waals surface area contributed by atoms with E-state index < -0.39 is 0 Å². The lowest BCUT2D eigenvalue weighted by atomic mass is 10.1. The lowest BCUT2D eigenvalue weighted by Crippen LogP contribution is -2.29. The summed E-state index contributed by atoms with van der Waals surface area (Å²) in [7, 11) is 1.61. The summed E-state index contributed by atoms with van der Waals surface area (Å²) in [5.74, 6) is 1.15. The minimum atomic E-state index is -0.148. The molecular formula is C25H25N5O3S. The van der Waals surface area contributed by atoms with Crippen LogP contribution in [0.25, 0.3) is 22.2 Å². The van der Waals surface area contributed by atoms with E-state index in [-0.39, 0.29) is 11.7 Å². The molecule has 174 valence electrons. The van der Waals surface area contributed by atoms with E-state index in [4.69, 9.17) is 9.15 Å². The molecule has 5 rings (SSSR count). The van der Waals surface area contributed by atoms with E-state index in [1.807, 2.05) is 42.6 Å². The third kappa shape index (κ3) is 4.84. The van der Waals surface area contributed by atoms with Crippen molar-refractivity contribution in [3.8, 4) is 17.2 Å². The van der Waals surface area contributed by atoms with E-state index >= 15 is 0 Å². The van der Waals surface area contributed by atoms with Gasteiger partial charge in [0.05, 0.1) is 18.6 Å². The first-order chi connectivity index (χ1) is 16.7. The summed E-state index contributed by atoms with van der Waals surface area (Å²) in [6, 6.07) is 13.4. The summed E-state index contributed by atoms with van der Waals surface area (Å²) < 4.78 is 10.9. The standard InChI is InChI=1S/C25H25N5O3S/c1-32-18-7-5-17(6-8-18)24-28-29-25(33-24)34-16-23(31)27-21-9-10-22(30-13-3-2-4-14-30)19-11-12-26-15-20(19)21/h5-12,15H,2-4,13-14,16H2,1H3,(H,27,31). The molecule has 0 aliphatic carbocycles. The Morgan fingerprint density at radius 2 is 1.88 bits per heavy atom. The van der Waals surface area contributed by atoms with Gasteiger partial charge in [-0.1, -0.05) is 11.8 Å². The van der Waals surface area contributed by atoms with Crippen molar-refractivity contribution >= 4 is 39.8 Å². The molecule has 34 heavy (non-hydrogen) atoms. The normalized spacial score (nSPS) is 13.7. The maximum Gasteiger partial charge on any atom is 0.277 e. The first-order valence-corrected chi connectivity index (χ1v) is 12.2. The van der Waals surface area contributed by atoms with Crippen LogP contribution in [-0.4, -0.2) is 47.0 Å². The molecule has 1 N–H and O–H groups in total. The first-order valence-electron chi connectivity index (χ1n) is 11.2. The van der Waals surface area contributed by atoms with Crippen molar-refractivity contribution in [1.82, 2.24) is 15.2 Å². The topological polar surface area (TPSA) is 93.4 Å². The number of ether oxygens (including phenoxy) is 1. The molecule has 0 unspecified atom stereocenters. The fraction of sp³-hybridized carbons (Fsp3) is 0.280. The molecule has 1 fully saturated rings. The van der Waals surface area contributed by atoms with Gasteiger partial charge in [0.2, 0.25) is 11.8 Å². The fourth-order valence-electron chi connectivity index (χ4n) is 4.13. The second kappa shape index (κ2) is 10.1. The summed E-state index contributed by atoms with van der Waals surface area (Å²) in [5.41, 5.74) is 2.73. The van der Waals surface area contributed by atoms with Crippen LogP contribution in [0.15, 0.2) is 64.5 Å². The Balaban J connectivity index is 1.25. The number of piperidine rings is 1.